The zero-order valence-electron chi connectivity index (χ0n) is 16.1. The second-order valence-electron chi connectivity index (χ2n) is 6.81. The van der Waals surface area contributed by atoms with Crippen molar-refractivity contribution in [1.82, 2.24) is 10.2 Å². The molecular formula is C23H20N4O2. The van der Waals surface area contributed by atoms with Gasteiger partial charge < -0.3 is 15.1 Å². The molecule has 0 spiro atoms. The second kappa shape index (κ2) is 7.98. The lowest BCUT2D eigenvalue weighted by atomic mass is 10.1. The molecule has 6 nitrogen and oxygen atoms in total. The van der Waals surface area contributed by atoms with Gasteiger partial charge in [-0.2, -0.15) is 0 Å². The molecule has 0 radical (unpaired) electrons. The van der Waals surface area contributed by atoms with Crippen LogP contribution in [0.5, 0.6) is 0 Å². The molecule has 4 rings (SSSR count). The average Bonchev–Trinajstić information content (AvgIpc) is 3.18. The number of aromatic nitrogens is 2. The Balaban J connectivity index is 1.43. The third-order valence-corrected chi connectivity index (χ3v) is 4.32. The predicted octanol–water partition coefficient (Wildman–Crippen LogP) is 5.66. The van der Waals surface area contributed by atoms with Gasteiger partial charge in [0.2, 0.25) is 11.8 Å². The van der Waals surface area contributed by atoms with Crippen LogP contribution in [0.4, 0.5) is 16.2 Å². The van der Waals surface area contributed by atoms with Crippen molar-refractivity contribution in [2.45, 2.75) is 13.8 Å². The summed E-state index contributed by atoms with van der Waals surface area (Å²) in [6.07, 6.45) is 0. The van der Waals surface area contributed by atoms with Gasteiger partial charge in [-0.15, -0.1) is 10.2 Å². The Bertz CT molecular complexity index is 1120. The highest BCUT2D eigenvalue weighted by Gasteiger charge is 2.10. The Morgan fingerprint density at radius 1 is 0.724 bits per heavy atom. The van der Waals surface area contributed by atoms with Crippen LogP contribution in [-0.2, 0) is 0 Å². The predicted molar refractivity (Wildman–Crippen MR) is 114 cm³/mol. The van der Waals surface area contributed by atoms with Gasteiger partial charge in [-0.3, -0.25) is 0 Å². The second-order valence-corrected chi connectivity index (χ2v) is 6.81. The number of nitrogens with zero attached hydrogens (tertiary/aromatic N) is 2. The number of hydrogen-bond acceptors (Lipinski definition) is 4. The summed E-state index contributed by atoms with van der Waals surface area (Å²) < 4.78 is 5.76. The molecule has 0 aliphatic rings. The van der Waals surface area contributed by atoms with Gasteiger partial charge in [0.1, 0.15) is 0 Å². The van der Waals surface area contributed by atoms with Gasteiger partial charge in [-0.05, 0) is 73.5 Å². The molecule has 3 aromatic carbocycles. The molecule has 4 aromatic rings. The molecule has 0 saturated carbocycles. The molecule has 0 bridgehead atoms. The largest absolute Gasteiger partial charge is 0.416 e. The number of rotatable bonds is 4. The molecule has 2 N–H and O–H groups in total. The van der Waals surface area contributed by atoms with Crippen molar-refractivity contribution in [3.8, 4) is 22.9 Å². The summed E-state index contributed by atoms with van der Waals surface area (Å²) in [6, 6.07) is 22.5. The van der Waals surface area contributed by atoms with Gasteiger partial charge in [-0.25, -0.2) is 4.79 Å². The number of benzene rings is 3. The van der Waals surface area contributed by atoms with Gasteiger partial charge in [-0.1, -0.05) is 24.3 Å². The highest BCUT2D eigenvalue weighted by Crippen LogP contribution is 2.25. The number of nitrogens with one attached hydrogen (secondary N) is 2. The number of carbonyl (C=O) groups excluding carboxylic acids is 1. The Kier molecular flexibility index (Phi) is 5.07. The van der Waals surface area contributed by atoms with Gasteiger partial charge in [0.15, 0.2) is 0 Å². The summed E-state index contributed by atoms with van der Waals surface area (Å²) in [5.41, 5.74) is 5.26. The van der Waals surface area contributed by atoms with E-state index in [-0.39, 0.29) is 6.03 Å². The lowest BCUT2D eigenvalue weighted by Gasteiger charge is -2.09. The Hall–Kier alpha value is -3.93. The summed E-state index contributed by atoms with van der Waals surface area (Å²) in [4.78, 5) is 12.3. The van der Waals surface area contributed by atoms with Crippen LogP contribution in [0.3, 0.4) is 0 Å². The van der Waals surface area contributed by atoms with E-state index in [1.165, 1.54) is 0 Å². The SMILES string of the molecule is Cc1cc(C)cc(NC(=O)Nc2ccc(-c3nnc(-c4ccccc4)o3)cc2)c1. The van der Waals surface area contributed by atoms with Gasteiger partial charge in [0, 0.05) is 22.5 Å². The first-order valence-corrected chi connectivity index (χ1v) is 9.22. The summed E-state index contributed by atoms with van der Waals surface area (Å²) in [6.45, 7) is 3.99. The van der Waals surface area contributed by atoms with Crippen molar-refractivity contribution < 1.29 is 9.21 Å². The van der Waals surface area contributed by atoms with Crippen LogP contribution < -0.4 is 10.6 Å². The molecule has 0 saturated heterocycles. The highest BCUT2D eigenvalue weighted by atomic mass is 16.4. The minimum atomic E-state index is -0.299. The van der Waals surface area contributed by atoms with Gasteiger partial charge in [0.25, 0.3) is 0 Å². The zero-order valence-corrected chi connectivity index (χ0v) is 16.1. The lowest BCUT2D eigenvalue weighted by molar-refractivity contribution is 0.262. The standard InChI is InChI=1S/C23H20N4O2/c1-15-12-16(2)14-20(13-15)25-23(28)24-19-10-8-18(9-11-19)22-27-26-21(29-22)17-6-4-3-5-7-17/h3-14H,1-2H3,(H2,24,25,28). The Labute approximate surface area is 168 Å². The van der Waals surface area contributed by atoms with Crippen molar-refractivity contribution in [2.24, 2.45) is 0 Å². The minimum Gasteiger partial charge on any atom is -0.416 e. The van der Waals surface area contributed by atoms with E-state index in [4.69, 9.17) is 4.42 Å². The number of carbonyl (C=O) groups is 1. The summed E-state index contributed by atoms with van der Waals surface area (Å²) in [5.74, 6) is 0.894. The first kappa shape index (κ1) is 18.4. The number of urea groups is 1. The van der Waals surface area contributed by atoms with E-state index >= 15 is 0 Å². The Morgan fingerprint density at radius 3 is 1.90 bits per heavy atom. The molecule has 0 aliphatic heterocycles. The first-order chi connectivity index (χ1) is 14.1. The summed E-state index contributed by atoms with van der Waals surface area (Å²) >= 11 is 0. The van der Waals surface area contributed by atoms with Crippen LogP contribution in [0.1, 0.15) is 11.1 Å². The molecule has 144 valence electrons. The molecule has 6 heteroatoms. The van der Waals surface area contributed by atoms with E-state index in [1.54, 1.807) is 12.1 Å². The maximum atomic E-state index is 12.3. The molecule has 0 fully saturated rings. The van der Waals surface area contributed by atoms with Gasteiger partial charge in [0.05, 0.1) is 0 Å². The van der Waals surface area contributed by atoms with Crippen LogP contribution in [0.2, 0.25) is 0 Å². The smallest absolute Gasteiger partial charge is 0.323 e. The fourth-order valence-corrected chi connectivity index (χ4v) is 3.07. The first-order valence-electron chi connectivity index (χ1n) is 9.22. The van der Waals surface area contributed by atoms with Crippen molar-refractivity contribution in [3.63, 3.8) is 0 Å². The van der Waals surface area contributed by atoms with Crippen molar-refractivity contribution in [1.29, 1.82) is 0 Å². The molecule has 0 unspecified atom stereocenters. The van der Waals surface area contributed by atoms with E-state index in [1.807, 2.05) is 68.4 Å². The minimum absolute atomic E-state index is 0.299. The average molecular weight is 384 g/mol. The van der Waals surface area contributed by atoms with E-state index in [0.717, 1.165) is 27.9 Å². The van der Waals surface area contributed by atoms with Crippen LogP contribution >= 0.6 is 0 Å². The third-order valence-electron chi connectivity index (χ3n) is 4.32. The fraction of sp³-hybridized carbons (Fsp3) is 0.0870. The Morgan fingerprint density at radius 2 is 1.28 bits per heavy atom. The summed E-state index contributed by atoms with van der Waals surface area (Å²) in [5, 5.41) is 13.9. The molecule has 0 aliphatic carbocycles. The molecular weight excluding hydrogens is 364 g/mol. The topological polar surface area (TPSA) is 80.0 Å². The monoisotopic (exact) mass is 384 g/mol. The van der Waals surface area contributed by atoms with E-state index in [9.17, 15) is 4.79 Å². The maximum Gasteiger partial charge on any atom is 0.323 e. The number of hydrogen-bond donors (Lipinski definition) is 2. The van der Waals surface area contributed by atoms with Crippen LogP contribution in [0, 0.1) is 13.8 Å². The molecule has 29 heavy (non-hydrogen) atoms. The summed E-state index contributed by atoms with van der Waals surface area (Å²) in [7, 11) is 0. The van der Waals surface area contributed by atoms with Crippen LogP contribution in [0.15, 0.2) is 77.2 Å². The van der Waals surface area contributed by atoms with Crippen molar-refractivity contribution in [3.05, 3.63) is 83.9 Å². The number of anilines is 2. The van der Waals surface area contributed by atoms with E-state index in [2.05, 4.69) is 26.9 Å². The van der Waals surface area contributed by atoms with Crippen molar-refractivity contribution in [2.75, 3.05) is 10.6 Å². The van der Waals surface area contributed by atoms with E-state index in [0.29, 0.717) is 17.5 Å². The zero-order chi connectivity index (χ0) is 20.2. The number of amides is 2. The maximum absolute atomic E-state index is 12.3. The normalized spacial score (nSPS) is 10.6. The molecule has 2 amide bonds. The van der Waals surface area contributed by atoms with Gasteiger partial charge >= 0.3 is 6.03 Å². The quantitative estimate of drug-likeness (QED) is 0.475. The lowest BCUT2D eigenvalue weighted by Crippen LogP contribution is -2.19. The van der Waals surface area contributed by atoms with Crippen LogP contribution in [0.25, 0.3) is 22.9 Å². The van der Waals surface area contributed by atoms with E-state index < -0.39 is 0 Å². The third kappa shape index (κ3) is 4.50. The fourth-order valence-electron chi connectivity index (χ4n) is 3.07. The number of aryl methyl sites for hydroxylation is 2. The van der Waals surface area contributed by atoms with Crippen LogP contribution in [-0.4, -0.2) is 16.2 Å². The molecule has 0 atom stereocenters. The van der Waals surface area contributed by atoms with Crippen molar-refractivity contribution >= 4 is 17.4 Å². The molecule has 1 aromatic heterocycles. The highest BCUT2D eigenvalue weighted by molar-refractivity contribution is 5.99. The molecule has 1 heterocycles.